The molecule has 0 fully saturated rings. The van der Waals surface area contributed by atoms with E-state index >= 15 is 0 Å². The van der Waals surface area contributed by atoms with Gasteiger partial charge in [0.25, 0.3) is 0 Å². The van der Waals surface area contributed by atoms with E-state index in [1.807, 2.05) is 54.7 Å². The number of pyridine rings is 1. The van der Waals surface area contributed by atoms with Gasteiger partial charge in [-0.3, -0.25) is 9.98 Å². The molecule has 1 aromatic carbocycles. The summed E-state index contributed by atoms with van der Waals surface area (Å²) in [6.45, 7) is 0.635. The fourth-order valence-electron chi connectivity index (χ4n) is 1.28. The highest BCUT2D eigenvalue weighted by atomic mass is 14.8. The minimum absolute atomic E-state index is 0.635. The molecule has 0 N–H and O–H groups in total. The second-order valence-electron chi connectivity index (χ2n) is 3.20. The summed E-state index contributed by atoms with van der Waals surface area (Å²) in [6, 6.07) is 15.9. The van der Waals surface area contributed by atoms with Crippen LogP contribution in [0.1, 0.15) is 11.3 Å². The molecule has 0 aliphatic carbocycles. The molecule has 2 rings (SSSR count). The van der Waals surface area contributed by atoms with E-state index in [0.717, 1.165) is 11.3 Å². The minimum Gasteiger partial charge on any atom is -0.286 e. The maximum atomic E-state index is 4.32. The number of nitrogens with zero attached hydrogens (tertiary/aromatic N) is 2. The van der Waals surface area contributed by atoms with E-state index in [-0.39, 0.29) is 0 Å². The van der Waals surface area contributed by atoms with Gasteiger partial charge < -0.3 is 0 Å². The van der Waals surface area contributed by atoms with Crippen molar-refractivity contribution in [3.8, 4) is 0 Å². The Bertz CT molecular complexity index is 421. The van der Waals surface area contributed by atoms with Gasteiger partial charge in [-0.25, -0.2) is 0 Å². The first kappa shape index (κ1) is 9.59. The van der Waals surface area contributed by atoms with E-state index in [1.54, 1.807) is 6.20 Å². The number of benzene rings is 1. The van der Waals surface area contributed by atoms with Crippen LogP contribution in [0.5, 0.6) is 0 Å². The molecule has 1 aromatic heterocycles. The van der Waals surface area contributed by atoms with Gasteiger partial charge >= 0.3 is 0 Å². The summed E-state index contributed by atoms with van der Waals surface area (Å²) in [7, 11) is 0. The van der Waals surface area contributed by atoms with E-state index in [2.05, 4.69) is 9.98 Å². The zero-order valence-corrected chi connectivity index (χ0v) is 8.38. The Balaban J connectivity index is 1.97. The zero-order valence-electron chi connectivity index (χ0n) is 8.38. The van der Waals surface area contributed by atoms with Gasteiger partial charge in [-0.1, -0.05) is 36.4 Å². The molecule has 0 radical (unpaired) electrons. The lowest BCUT2D eigenvalue weighted by atomic mass is 10.2. The van der Waals surface area contributed by atoms with Crippen molar-refractivity contribution in [1.29, 1.82) is 0 Å². The molecule has 1 heterocycles. The fraction of sp³-hybridized carbons (Fsp3) is 0.0769. The highest BCUT2D eigenvalue weighted by Gasteiger charge is 1.88. The van der Waals surface area contributed by atoms with E-state index in [1.165, 1.54) is 0 Å². The van der Waals surface area contributed by atoms with Gasteiger partial charge in [0.05, 0.1) is 12.2 Å². The van der Waals surface area contributed by atoms with E-state index in [4.69, 9.17) is 0 Å². The third-order valence-corrected chi connectivity index (χ3v) is 2.02. The van der Waals surface area contributed by atoms with Crippen molar-refractivity contribution in [2.75, 3.05) is 0 Å². The summed E-state index contributed by atoms with van der Waals surface area (Å²) >= 11 is 0. The molecule has 15 heavy (non-hydrogen) atoms. The number of hydrogen-bond acceptors (Lipinski definition) is 2. The van der Waals surface area contributed by atoms with Gasteiger partial charge in [-0.2, -0.15) is 0 Å². The maximum absolute atomic E-state index is 4.32. The molecule has 0 atom stereocenters. The zero-order chi connectivity index (χ0) is 10.3. The number of rotatable bonds is 3. The van der Waals surface area contributed by atoms with Crippen molar-refractivity contribution in [2.45, 2.75) is 6.54 Å². The van der Waals surface area contributed by atoms with Crippen LogP contribution in [-0.4, -0.2) is 11.2 Å². The molecule has 2 nitrogen and oxygen atoms in total. The van der Waals surface area contributed by atoms with Gasteiger partial charge in [0, 0.05) is 12.4 Å². The minimum atomic E-state index is 0.635. The summed E-state index contributed by atoms with van der Waals surface area (Å²) in [5.74, 6) is 0. The van der Waals surface area contributed by atoms with Gasteiger partial charge in [0.15, 0.2) is 0 Å². The lowest BCUT2D eigenvalue weighted by molar-refractivity contribution is 0.995. The molecule has 0 unspecified atom stereocenters. The van der Waals surface area contributed by atoms with Crippen LogP contribution in [0.2, 0.25) is 0 Å². The normalized spacial score (nSPS) is 10.7. The van der Waals surface area contributed by atoms with Crippen molar-refractivity contribution in [3.63, 3.8) is 0 Å². The van der Waals surface area contributed by atoms with Crippen LogP contribution >= 0.6 is 0 Å². The quantitative estimate of drug-likeness (QED) is 0.693. The standard InChI is InChI=1S/C13H12N2/c1-2-6-12(7-3-1)10-14-11-13-8-4-5-9-15-13/h1-10H,11H2. The van der Waals surface area contributed by atoms with Crippen LogP contribution in [0.15, 0.2) is 59.7 Å². The number of aliphatic imine (C=N–C) groups is 1. The molecule has 0 saturated carbocycles. The lowest BCUT2D eigenvalue weighted by Crippen LogP contribution is -1.86. The van der Waals surface area contributed by atoms with Crippen LogP contribution in [0, 0.1) is 0 Å². The Morgan fingerprint density at radius 1 is 1.00 bits per heavy atom. The molecule has 74 valence electrons. The Kier molecular flexibility index (Phi) is 3.23. The van der Waals surface area contributed by atoms with Crippen molar-refractivity contribution in [3.05, 3.63) is 66.0 Å². The van der Waals surface area contributed by atoms with Gasteiger partial charge in [-0.15, -0.1) is 0 Å². The van der Waals surface area contributed by atoms with Crippen molar-refractivity contribution in [2.24, 2.45) is 4.99 Å². The Morgan fingerprint density at radius 2 is 1.80 bits per heavy atom. The first-order valence-electron chi connectivity index (χ1n) is 4.90. The average molecular weight is 196 g/mol. The molecular formula is C13H12N2. The number of aromatic nitrogens is 1. The molecule has 0 amide bonds. The van der Waals surface area contributed by atoms with Gasteiger partial charge in [0.2, 0.25) is 0 Å². The highest BCUT2D eigenvalue weighted by molar-refractivity contribution is 5.79. The Hall–Kier alpha value is -1.96. The topological polar surface area (TPSA) is 25.2 Å². The second kappa shape index (κ2) is 5.05. The lowest BCUT2D eigenvalue weighted by Gasteiger charge is -1.94. The van der Waals surface area contributed by atoms with E-state index < -0.39 is 0 Å². The number of hydrogen-bond donors (Lipinski definition) is 0. The van der Waals surface area contributed by atoms with Gasteiger partial charge in [0.1, 0.15) is 0 Å². The molecule has 0 saturated heterocycles. The van der Waals surface area contributed by atoms with Crippen LogP contribution in [0.3, 0.4) is 0 Å². The first-order valence-corrected chi connectivity index (χ1v) is 4.90. The monoisotopic (exact) mass is 196 g/mol. The maximum Gasteiger partial charge on any atom is 0.0811 e. The molecule has 0 spiro atoms. The highest BCUT2D eigenvalue weighted by Crippen LogP contribution is 1.97. The summed E-state index contributed by atoms with van der Waals surface area (Å²) in [6.07, 6.45) is 3.65. The molecular weight excluding hydrogens is 184 g/mol. The van der Waals surface area contributed by atoms with E-state index in [0.29, 0.717) is 6.54 Å². The SMILES string of the molecule is C(=NCc1ccccn1)c1ccccc1. The van der Waals surface area contributed by atoms with Crippen molar-refractivity contribution >= 4 is 6.21 Å². The summed E-state index contributed by atoms with van der Waals surface area (Å²) in [4.78, 5) is 8.52. The smallest absolute Gasteiger partial charge is 0.0811 e. The first-order chi connectivity index (χ1) is 7.45. The predicted octanol–water partition coefficient (Wildman–Crippen LogP) is 2.70. The van der Waals surface area contributed by atoms with Crippen molar-refractivity contribution < 1.29 is 0 Å². The summed E-state index contributed by atoms with van der Waals surface area (Å²) < 4.78 is 0. The van der Waals surface area contributed by atoms with Gasteiger partial charge in [-0.05, 0) is 17.7 Å². The van der Waals surface area contributed by atoms with Crippen LogP contribution in [0.4, 0.5) is 0 Å². The molecule has 0 bridgehead atoms. The van der Waals surface area contributed by atoms with Crippen LogP contribution in [-0.2, 0) is 6.54 Å². The van der Waals surface area contributed by atoms with Crippen LogP contribution < -0.4 is 0 Å². The molecule has 0 aliphatic heterocycles. The molecule has 2 heteroatoms. The molecule has 0 aliphatic rings. The second-order valence-corrected chi connectivity index (χ2v) is 3.20. The third kappa shape index (κ3) is 3.02. The average Bonchev–Trinajstić information content (AvgIpc) is 2.32. The Labute approximate surface area is 89.3 Å². The molecule has 2 aromatic rings. The largest absolute Gasteiger partial charge is 0.286 e. The predicted molar refractivity (Wildman–Crippen MR) is 62.0 cm³/mol. The Morgan fingerprint density at radius 3 is 2.53 bits per heavy atom. The summed E-state index contributed by atoms with van der Waals surface area (Å²) in [5, 5.41) is 0. The third-order valence-electron chi connectivity index (χ3n) is 2.02. The van der Waals surface area contributed by atoms with E-state index in [9.17, 15) is 0 Å². The summed E-state index contributed by atoms with van der Waals surface area (Å²) in [5.41, 5.74) is 2.11. The van der Waals surface area contributed by atoms with Crippen LogP contribution in [0.25, 0.3) is 0 Å². The fourth-order valence-corrected chi connectivity index (χ4v) is 1.28. The van der Waals surface area contributed by atoms with Crippen molar-refractivity contribution in [1.82, 2.24) is 4.98 Å².